The molecule has 3 aromatic carbocycles. The molecule has 0 saturated heterocycles. The lowest BCUT2D eigenvalue weighted by atomic mass is 10.3. The van der Waals surface area contributed by atoms with Gasteiger partial charge >= 0.3 is 7.82 Å². The van der Waals surface area contributed by atoms with E-state index in [0.717, 1.165) is 0 Å². The van der Waals surface area contributed by atoms with Crippen molar-refractivity contribution in [2.75, 3.05) is 0 Å². The number of phosphoric acid groups is 1. The van der Waals surface area contributed by atoms with E-state index in [4.69, 9.17) is 39.7 Å². The van der Waals surface area contributed by atoms with Gasteiger partial charge in [0.15, 0.2) is 0 Å². The van der Waals surface area contributed by atoms with E-state index < -0.39 is 7.82 Å². The molecule has 0 aliphatic heterocycles. The summed E-state index contributed by atoms with van der Waals surface area (Å²) >= 11 is 0. The Balaban J connectivity index is 0.000000339. The van der Waals surface area contributed by atoms with E-state index in [1.165, 1.54) is 24.3 Å². The summed E-state index contributed by atoms with van der Waals surface area (Å²) in [4.78, 5) is 21.6. The molecule has 8 nitrogen and oxygen atoms in total. The molecule has 0 saturated carbocycles. The molecule has 0 bridgehead atoms. The standard InChI is InChI=1S/C6H6O2.2C6H6O.H3O4P/c7-5-1-2-6(8)4-3-5;2*7-6-4-2-1-3-5-6;1-5(2,3)4/h1-4,7-8H;2*1-5,7H;(H3,1,2,3,4). The molecule has 9 heteroatoms. The van der Waals surface area contributed by atoms with Gasteiger partial charge in [-0.05, 0) is 48.5 Å². The fourth-order valence-electron chi connectivity index (χ4n) is 1.31. The molecule has 0 atom stereocenters. The van der Waals surface area contributed by atoms with Gasteiger partial charge in [0.1, 0.15) is 23.0 Å². The number of hydrogen-bond acceptors (Lipinski definition) is 5. The van der Waals surface area contributed by atoms with Crippen molar-refractivity contribution in [3.8, 4) is 23.0 Å². The fraction of sp³-hybridized carbons (Fsp3) is 0. The smallest absolute Gasteiger partial charge is 0.466 e. The monoisotopic (exact) mass is 396 g/mol. The molecule has 0 amide bonds. The summed E-state index contributed by atoms with van der Waals surface area (Å²) in [5, 5.41) is 34.6. The van der Waals surface area contributed by atoms with Crippen molar-refractivity contribution in [2.24, 2.45) is 0 Å². The van der Waals surface area contributed by atoms with E-state index in [9.17, 15) is 0 Å². The van der Waals surface area contributed by atoms with Crippen molar-refractivity contribution in [1.82, 2.24) is 0 Å². The third-order valence-corrected chi connectivity index (χ3v) is 2.36. The second-order valence-electron chi connectivity index (χ2n) is 4.70. The van der Waals surface area contributed by atoms with Gasteiger partial charge in [0, 0.05) is 0 Å². The second kappa shape index (κ2) is 13.2. The molecule has 0 aliphatic rings. The van der Waals surface area contributed by atoms with Gasteiger partial charge in [-0.15, -0.1) is 0 Å². The number of benzene rings is 3. The summed E-state index contributed by atoms with van der Waals surface area (Å²) in [6.07, 6.45) is 0. The zero-order chi connectivity index (χ0) is 20.7. The Labute approximate surface area is 156 Å². The first-order valence-electron chi connectivity index (χ1n) is 7.32. The first-order chi connectivity index (χ1) is 12.6. The van der Waals surface area contributed by atoms with Crippen molar-refractivity contribution in [3.63, 3.8) is 0 Å². The van der Waals surface area contributed by atoms with Gasteiger partial charge in [-0.2, -0.15) is 0 Å². The molecule has 0 aliphatic carbocycles. The van der Waals surface area contributed by atoms with E-state index in [-0.39, 0.29) is 11.5 Å². The van der Waals surface area contributed by atoms with Crippen LogP contribution in [0.2, 0.25) is 0 Å². The zero-order valence-corrected chi connectivity index (χ0v) is 15.0. The van der Waals surface area contributed by atoms with Crippen molar-refractivity contribution in [2.45, 2.75) is 0 Å². The van der Waals surface area contributed by atoms with Crippen LogP contribution in [-0.4, -0.2) is 35.1 Å². The van der Waals surface area contributed by atoms with Gasteiger partial charge in [0.05, 0.1) is 0 Å². The van der Waals surface area contributed by atoms with Crippen LogP contribution >= 0.6 is 7.82 Å². The van der Waals surface area contributed by atoms with Crippen LogP contribution in [0.1, 0.15) is 0 Å². The maximum absolute atomic E-state index is 8.88. The van der Waals surface area contributed by atoms with Gasteiger partial charge in [-0.1, -0.05) is 36.4 Å². The number of hydrogen-bond donors (Lipinski definition) is 7. The van der Waals surface area contributed by atoms with Gasteiger partial charge < -0.3 is 35.1 Å². The summed E-state index contributed by atoms with van der Waals surface area (Å²) in [6, 6.07) is 23.1. The van der Waals surface area contributed by atoms with Crippen molar-refractivity contribution < 1.29 is 39.7 Å². The molecule has 7 N–H and O–H groups in total. The van der Waals surface area contributed by atoms with Crippen LogP contribution in [0.25, 0.3) is 0 Å². The zero-order valence-electron chi connectivity index (χ0n) is 14.1. The molecule has 3 rings (SSSR count). The number of phenols is 4. The Morgan fingerprint density at radius 3 is 0.778 bits per heavy atom. The Bertz CT molecular complexity index is 707. The van der Waals surface area contributed by atoms with Crippen LogP contribution in [0.15, 0.2) is 84.9 Å². The van der Waals surface area contributed by atoms with Crippen LogP contribution in [0.4, 0.5) is 0 Å². The highest BCUT2D eigenvalue weighted by molar-refractivity contribution is 7.45. The molecule has 0 heterocycles. The second-order valence-corrected chi connectivity index (χ2v) is 5.73. The number of para-hydroxylation sites is 2. The summed E-state index contributed by atoms with van der Waals surface area (Å²) in [5.41, 5.74) is 0. The molecular weight excluding hydrogens is 375 g/mol. The topological polar surface area (TPSA) is 159 Å². The van der Waals surface area contributed by atoms with Crippen molar-refractivity contribution >= 4 is 7.82 Å². The largest absolute Gasteiger partial charge is 0.508 e. The maximum Gasteiger partial charge on any atom is 0.466 e. The Hall–Kier alpha value is -3.03. The van der Waals surface area contributed by atoms with Gasteiger partial charge in [0.25, 0.3) is 0 Å². The molecule has 0 aromatic heterocycles. The Morgan fingerprint density at radius 1 is 0.444 bits per heavy atom. The minimum atomic E-state index is -4.64. The molecule has 0 fully saturated rings. The minimum absolute atomic E-state index is 0.169. The predicted molar refractivity (Wildman–Crippen MR) is 100 cm³/mol. The van der Waals surface area contributed by atoms with Crippen LogP contribution in [0, 0.1) is 0 Å². The quantitative estimate of drug-likeness (QED) is 0.226. The first kappa shape index (κ1) is 24.0. The number of phenolic OH excluding ortho intramolecular Hbond substituents is 4. The molecule has 27 heavy (non-hydrogen) atoms. The number of rotatable bonds is 0. The highest BCUT2D eigenvalue weighted by Crippen LogP contribution is 2.25. The predicted octanol–water partition coefficient (Wildman–Crippen LogP) is 2.95. The molecule has 0 spiro atoms. The molecule has 0 unspecified atom stereocenters. The third kappa shape index (κ3) is 19.1. The number of aromatic hydroxyl groups is 4. The minimum Gasteiger partial charge on any atom is -0.508 e. The third-order valence-electron chi connectivity index (χ3n) is 2.36. The average molecular weight is 396 g/mol. The summed E-state index contributed by atoms with van der Waals surface area (Å²) < 4.78 is 8.88. The molecule has 0 radical (unpaired) electrons. The highest BCUT2D eigenvalue weighted by Gasteiger charge is 2.00. The lowest BCUT2D eigenvalue weighted by Crippen LogP contribution is -1.66. The van der Waals surface area contributed by atoms with Crippen LogP contribution in [-0.2, 0) is 4.57 Å². The van der Waals surface area contributed by atoms with Crippen molar-refractivity contribution in [1.29, 1.82) is 0 Å². The Kier molecular flexibility index (Phi) is 11.7. The van der Waals surface area contributed by atoms with Crippen LogP contribution in [0.3, 0.4) is 0 Å². The lowest BCUT2D eigenvalue weighted by molar-refractivity contribution is 0.275. The molecular formula is C18H21O8P. The summed E-state index contributed by atoms with van der Waals surface area (Å²) in [5.74, 6) is 0.982. The average Bonchev–Trinajstić information content (AvgIpc) is 2.59. The van der Waals surface area contributed by atoms with Crippen molar-refractivity contribution in [3.05, 3.63) is 84.9 Å². The SMILES string of the molecule is O=P(O)(O)O.Oc1ccc(O)cc1.Oc1ccccc1.Oc1ccccc1. The maximum atomic E-state index is 8.88. The highest BCUT2D eigenvalue weighted by atomic mass is 31.2. The fourth-order valence-corrected chi connectivity index (χ4v) is 1.31. The first-order valence-corrected chi connectivity index (χ1v) is 8.88. The Morgan fingerprint density at radius 2 is 0.630 bits per heavy atom. The van der Waals surface area contributed by atoms with E-state index in [0.29, 0.717) is 11.5 Å². The van der Waals surface area contributed by atoms with Crippen LogP contribution in [0.5, 0.6) is 23.0 Å². The summed E-state index contributed by atoms with van der Waals surface area (Å²) in [7, 11) is -4.64. The van der Waals surface area contributed by atoms with Gasteiger partial charge in [-0.25, -0.2) is 4.57 Å². The van der Waals surface area contributed by atoms with Gasteiger partial charge in [-0.3, -0.25) is 0 Å². The molecule has 146 valence electrons. The van der Waals surface area contributed by atoms with Crippen LogP contribution < -0.4 is 0 Å². The van der Waals surface area contributed by atoms with E-state index in [2.05, 4.69) is 0 Å². The van der Waals surface area contributed by atoms with E-state index in [1.54, 1.807) is 48.5 Å². The lowest BCUT2D eigenvalue weighted by Gasteiger charge is -1.88. The van der Waals surface area contributed by atoms with E-state index in [1.807, 2.05) is 12.1 Å². The summed E-state index contributed by atoms with van der Waals surface area (Å²) in [6.45, 7) is 0. The normalized spacial score (nSPS) is 9.30. The van der Waals surface area contributed by atoms with E-state index >= 15 is 0 Å². The molecule has 3 aromatic rings. The van der Waals surface area contributed by atoms with Gasteiger partial charge in [0.2, 0.25) is 0 Å².